The molecule has 1 aromatic rings. The highest BCUT2D eigenvalue weighted by Crippen LogP contribution is 2.33. The molecule has 17 heavy (non-hydrogen) atoms. The van der Waals surface area contributed by atoms with Crippen LogP contribution in [0.5, 0.6) is 11.5 Å². The predicted molar refractivity (Wildman–Crippen MR) is 55.0 cm³/mol. The highest BCUT2D eigenvalue weighted by Gasteiger charge is 2.26. The van der Waals surface area contributed by atoms with Crippen molar-refractivity contribution in [3.8, 4) is 11.5 Å². The number of ether oxygens (including phenoxy) is 2. The Labute approximate surface area is 96.4 Å². The number of hydrogen-bond acceptors (Lipinski definition) is 4. The first kappa shape index (κ1) is 11.3. The number of hydrogen-bond donors (Lipinski definition) is 2. The van der Waals surface area contributed by atoms with E-state index in [0.717, 1.165) is 0 Å². The summed E-state index contributed by atoms with van der Waals surface area (Å²) in [4.78, 5) is 21.5. The summed E-state index contributed by atoms with van der Waals surface area (Å²) in [5, 5.41) is 17.5. The Morgan fingerprint density at radius 1 is 1.18 bits per heavy atom. The zero-order valence-electron chi connectivity index (χ0n) is 8.75. The lowest BCUT2D eigenvalue weighted by molar-refractivity contribution is -0.154. The Hall–Kier alpha value is -2.24. The van der Waals surface area contributed by atoms with E-state index in [2.05, 4.69) is 0 Å². The third-order valence-corrected chi connectivity index (χ3v) is 2.47. The van der Waals surface area contributed by atoms with Crippen molar-refractivity contribution >= 4 is 11.9 Å². The van der Waals surface area contributed by atoms with Gasteiger partial charge in [-0.15, -0.1) is 0 Å². The molecule has 0 aromatic heterocycles. The molecule has 0 saturated heterocycles. The summed E-state index contributed by atoms with van der Waals surface area (Å²) in [6.45, 7) is 0.125. The van der Waals surface area contributed by atoms with Gasteiger partial charge in [0.25, 0.3) is 0 Å². The molecule has 0 radical (unpaired) electrons. The number of fused-ring (bicyclic) bond motifs is 1. The van der Waals surface area contributed by atoms with Crippen LogP contribution in [0, 0.1) is 5.92 Å². The van der Waals surface area contributed by atoms with Crippen LogP contribution in [0.1, 0.15) is 5.56 Å². The maximum atomic E-state index is 10.7. The van der Waals surface area contributed by atoms with E-state index in [1.54, 1.807) is 18.2 Å². The molecular weight excluding hydrogens is 228 g/mol. The number of carboxylic acids is 2. The largest absolute Gasteiger partial charge is 0.481 e. The highest BCUT2D eigenvalue weighted by atomic mass is 16.7. The first-order valence-corrected chi connectivity index (χ1v) is 4.92. The van der Waals surface area contributed by atoms with Gasteiger partial charge < -0.3 is 19.7 Å². The molecule has 90 valence electrons. The first-order valence-electron chi connectivity index (χ1n) is 4.92. The topological polar surface area (TPSA) is 93.1 Å². The van der Waals surface area contributed by atoms with Crippen LogP contribution in [0.2, 0.25) is 0 Å². The van der Waals surface area contributed by atoms with Crippen LogP contribution < -0.4 is 9.47 Å². The van der Waals surface area contributed by atoms with Crippen LogP contribution in [-0.2, 0) is 16.0 Å². The minimum Gasteiger partial charge on any atom is -0.481 e. The predicted octanol–water partition coefficient (Wildman–Crippen LogP) is 0.743. The van der Waals surface area contributed by atoms with Gasteiger partial charge in [-0.25, -0.2) is 0 Å². The molecule has 1 aliphatic rings. The van der Waals surface area contributed by atoms with Gasteiger partial charge in [-0.3, -0.25) is 9.59 Å². The lowest BCUT2D eigenvalue weighted by Crippen LogP contribution is -2.25. The fourth-order valence-electron chi connectivity index (χ4n) is 1.58. The standard InChI is InChI=1S/C11H10O6/c12-10(13)7(11(14)15)3-6-1-2-8-9(4-6)17-5-16-8/h1-2,4,7H,3,5H2,(H,12,13)(H,14,15). The van der Waals surface area contributed by atoms with Crippen LogP contribution in [0.15, 0.2) is 18.2 Å². The van der Waals surface area contributed by atoms with Gasteiger partial charge in [0.05, 0.1) is 0 Å². The zero-order valence-corrected chi connectivity index (χ0v) is 8.75. The molecule has 0 bridgehead atoms. The maximum absolute atomic E-state index is 10.7. The average Bonchev–Trinajstić information content (AvgIpc) is 2.71. The number of carboxylic acid groups (broad SMARTS) is 2. The monoisotopic (exact) mass is 238 g/mol. The molecule has 0 atom stereocenters. The smallest absolute Gasteiger partial charge is 0.318 e. The Morgan fingerprint density at radius 2 is 1.82 bits per heavy atom. The van der Waals surface area contributed by atoms with Crippen molar-refractivity contribution in [2.45, 2.75) is 6.42 Å². The van der Waals surface area contributed by atoms with Crippen molar-refractivity contribution < 1.29 is 29.3 Å². The van der Waals surface area contributed by atoms with Crippen LogP contribution in [0.4, 0.5) is 0 Å². The maximum Gasteiger partial charge on any atom is 0.318 e. The van der Waals surface area contributed by atoms with E-state index in [4.69, 9.17) is 19.7 Å². The van der Waals surface area contributed by atoms with E-state index >= 15 is 0 Å². The molecule has 1 aromatic carbocycles. The Kier molecular flexibility index (Phi) is 2.86. The number of carbonyl (C=O) groups is 2. The first-order chi connectivity index (χ1) is 8.08. The van der Waals surface area contributed by atoms with Gasteiger partial charge in [0.1, 0.15) is 0 Å². The summed E-state index contributed by atoms with van der Waals surface area (Å²) in [6, 6.07) is 4.87. The van der Waals surface area contributed by atoms with Gasteiger partial charge in [-0.1, -0.05) is 6.07 Å². The molecule has 2 N–H and O–H groups in total. The normalized spacial score (nSPS) is 12.8. The molecular formula is C11H10O6. The molecule has 6 heteroatoms. The van der Waals surface area contributed by atoms with Gasteiger partial charge in [0.2, 0.25) is 6.79 Å². The Morgan fingerprint density at radius 3 is 2.47 bits per heavy atom. The third kappa shape index (κ3) is 2.30. The second-order valence-electron chi connectivity index (χ2n) is 3.62. The molecule has 2 rings (SSSR count). The van der Waals surface area contributed by atoms with E-state index in [0.29, 0.717) is 17.1 Å². The SMILES string of the molecule is O=C(O)C(Cc1ccc2c(c1)OCO2)C(=O)O. The molecule has 1 aliphatic heterocycles. The summed E-state index contributed by atoms with van der Waals surface area (Å²) < 4.78 is 10.2. The molecule has 0 unspecified atom stereocenters. The fraction of sp³-hybridized carbons (Fsp3) is 0.273. The minimum absolute atomic E-state index is 0.0820. The van der Waals surface area contributed by atoms with E-state index in [-0.39, 0.29) is 13.2 Å². The van der Waals surface area contributed by atoms with E-state index in [1.165, 1.54) is 0 Å². The van der Waals surface area contributed by atoms with Crippen molar-refractivity contribution in [2.24, 2.45) is 5.92 Å². The lowest BCUT2D eigenvalue weighted by Gasteiger charge is -2.07. The third-order valence-electron chi connectivity index (χ3n) is 2.47. The number of aliphatic carboxylic acids is 2. The Bertz CT molecular complexity index is 453. The van der Waals surface area contributed by atoms with Crippen molar-refractivity contribution in [1.29, 1.82) is 0 Å². The van der Waals surface area contributed by atoms with Gasteiger partial charge in [-0.2, -0.15) is 0 Å². The molecule has 6 nitrogen and oxygen atoms in total. The van der Waals surface area contributed by atoms with Crippen molar-refractivity contribution in [3.63, 3.8) is 0 Å². The second kappa shape index (κ2) is 4.32. The summed E-state index contributed by atoms with van der Waals surface area (Å²) in [5.74, 6) is -3.06. The second-order valence-corrected chi connectivity index (χ2v) is 3.62. The van der Waals surface area contributed by atoms with Gasteiger partial charge in [0.15, 0.2) is 17.4 Å². The van der Waals surface area contributed by atoms with Crippen molar-refractivity contribution in [1.82, 2.24) is 0 Å². The van der Waals surface area contributed by atoms with Crippen molar-refractivity contribution in [2.75, 3.05) is 6.79 Å². The number of benzene rings is 1. The summed E-state index contributed by atoms with van der Waals surface area (Å²) >= 11 is 0. The number of rotatable bonds is 4. The quantitative estimate of drug-likeness (QED) is 0.751. The average molecular weight is 238 g/mol. The van der Waals surface area contributed by atoms with Gasteiger partial charge in [-0.05, 0) is 24.1 Å². The molecule has 0 aliphatic carbocycles. The van der Waals surface area contributed by atoms with Crippen LogP contribution in [0.3, 0.4) is 0 Å². The molecule has 0 spiro atoms. The van der Waals surface area contributed by atoms with E-state index in [9.17, 15) is 9.59 Å². The molecule has 0 saturated carbocycles. The lowest BCUT2D eigenvalue weighted by atomic mass is 9.99. The van der Waals surface area contributed by atoms with Gasteiger partial charge in [0, 0.05) is 0 Å². The van der Waals surface area contributed by atoms with E-state index < -0.39 is 17.9 Å². The molecule has 1 heterocycles. The zero-order chi connectivity index (χ0) is 12.4. The van der Waals surface area contributed by atoms with Crippen LogP contribution in [0.25, 0.3) is 0 Å². The summed E-state index contributed by atoms with van der Waals surface area (Å²) in [6.07, 6.45) is -0.0820. The fourth-order valence-corrected chi connectivity index (χ4v) is 1.58. The Balaban J connectivity index is 2.18. The van der Waals surface area contributed by atoms with Crippen molar-refractivity contribution in [3.05, 3.63) is 23.8 Å². The minimum atomic E-state index is -1.45. The highest BCUT2D eigenvalue weighted by molar-refractivity contribution is 5.93. The summed E-state index contributed by atoms with van der Waals surface area (Å²) in [7, 11) is 0. The van der Waals surface area contributed by atoms with E-state index in [1.807, 2.05) is 0 Å². The van der Waals surface area contributed by atoms with Crippen LogP contribution >= 0.6 is 0 Å². The molecule has 0 fully saturated rings. The molecule has 0 amide bonds. The van der Waals surface area contributed by atoms with Gasteiger partial charge >= 0.3 is 11.9 Å². The van der Waals surface area contributed by atoms with Crippen LogP contribution in [-0.4, -0.2) is 28.9 Å². The summed E-state index contributed by atoms with van der Waals surface area (Å²) in [5.41, 5.74) is 0.587.